The molecule has 0 saturated heterocycles. The summed E-state index contributed by atoms with van der Waals surface area (Å²) >= 11 is 5.86. The largest absolute Gasteiger partial charge is 0.480 e. The van der Waals surface area contributed by atoms with Crippen molar-refractivity contribution in [1.29, 1.82) is 0 Å². The predicted molar refractivity (Wildman–Crippen MR) is 76.9 cm³/mol. The van der Waals surface area contributed by atoms with E-state index in [1.165, 1.54) is 6.08 Å². The van der Waals surface area contributed by atoms with Gasteiger partial charge in [0.2, 0.25) is 0 Å². The van der Waals surface area contributed by atoms with Gasteiger partial charge in [-0.15, -0.1) is 0 Å². The highest BCUT2D eigenvalue weighted by Gasteiger charge is 2.15. The van der Waals surface area contributed by atoms with Crippen molar-refractivity contribution in [2.24, 2.45) is 0 Å². The molecule has 0 aliphatic heterocycles. The van der Waals surface area contributed by atoms with E-state index in [0.29, 0.717) is 22.9 Å². The van der Waals surface area contributed by atoms with E-state index in [1.807, 2.05) is 6.92 Å². The zero-order chi connectivity index (χ0) is 15.1. The molecule has 0 radical (unpaired) electrons. The Morgan fingerprint density at radius 1 is 1.50 bits per heavy atom. The molecule has 1 amide bonds. The third-order valence-corrected chi connectivity index (χ3v) is 2.64. The summed E-state index contributed by atoms with van der Waals surface area (Å²) in [5.74, 6) is -0.922. The number of aliphatic carboxylic acids is 1. The smallest absolute Gasteiger partial charge is 0.328 e. The first-order valence-corrected chi connectivity index (χ1v) is 6.46. The highest BCUT2D eigenvalue weighted by molar-refractivity contribution is 6.30. The van der Waals surface area contributed by atoms with E-state index in [1.54, 1.807) is 25.1 Å². The van der Waals surface area contributed by atoms with Gasteiger partial charge in [-0.1, -0.05) is 11.6 Å². The molecule has 108 valence electrons. The summed E-state index contributed by atoms with van der Waals surface area (Å²) in [6, 6.07) is 4.78. The molecule has 0 heterocycles. The summed E-state index contributed by atoms with van der Waals surface area (Å²) in [6.45, 7) is 3.94. The Morgan fingerprint density at radius 3 is 2.80 bits per heavy atom. The van der Waals surface area contributed by atoms with Gasteiger partial charge in [0.15, 0.2) is 6.10 Å². The third kappa shape index (κ3) is 4.93. The van der Waals surface area contributed by atoms with E-state index in [2.05, 4.69) is 5.32 Å². The van der Waals surface area contributed by atoms with Crippen molar-refractivity contribution in [1.82, 2.24) is 5.32 Å². The van der Waals surface area contributed by atoms with Crippen LogP contribution in [0, 0.1) is 0 Å². The van der Waals surface area contributed by atoms with Crippen molar-refractivity contribution in [2.45, 2.75) is 20.0 Å². The van der Waals surface area contributed by atoms with Crippen LogP contribution >= 0.6 is 11.6 Å². The normalized spacial score (nSPS) is 12.2. The zero-order valence-corrected chi connectivity index (χ0v) is 12.0. The number of ether oxygens (including phenoxy) is 1. The Bertz CT molecular complexity index is 528. The van der Waals surface area contributed by atoms with Crippen LogP contribution in [-0.2, 0) is 9.59 Å². The molecule has 2 N–H and O–H groups in total. The zero-order valence-electron chi connectivity index (χ0n) is 11.2. The summed E-state index contributed by atoms with van der Waals surface area (Å²) in [6.07, 6.45) is 1.66. The average Bonchev–Trinajstić information content (AvgIpc) is 2.39. The monoisotopic (exact) mass is 297 g/mol. The molecule has 0 saturated carbocycles. The van der Waals surface area contributed by atoms with Crippen LogP contribution in [0.25, 0.3) is 6.08 Å². The van der Waals surface area contributed by atoms with E-state index < -0.39 is 12.1 Å². The fourth-order valence-corrected chi connectivity index (χ4v) is 1.66. The second kappa shape index (κ2) is 7.55. The van der Waals surface area contributed by atoms with Crippen LogP contribution in [0.1, 0.15) is 19.4 Å². The number of carbonyl (C=O) groups is 2. The predicted octanol–water partition coefficient (Wildman–Crippen LogP) is 2.34. The van der Waals surface area contributed by atoms with Crippen LogP contribution in [0.2, 0.25) is 5.02 Å². The van der Waals surface area contributed by atoms with Crippen molar-refractivity contribution in [3.63, 3.8) is 0 Å². The Balaban J connectivity index is 2.94. The van der Waals surface area contributed by atoms with Gasteiger partial charge in [-0.05, 0) is 38.1 Å². The molecule has 0 spiro atoms. The Labute approximate surface area is 122 Å². The first-order valence-electron chi connectivity index (χ1n) is 6.09. The van der Waals surface area contributed by atoms with Crippen molar-refractivity contribution in [3.8, 4) is 5.75 Å². The lowest BCUT2D eigenvalue weighted by Crippen LogP contribution is -2.36. The molecular formula is C14H16ClNO4. The lowest BCUT2D eigenvalue weighted by molar-refractivity contribution is -0.131. The van der Waals surface area contributed by atoms with Gasteiger partial charge in [-0.2, -0.15) is 0 Å². The highest BCUT2D eigenvalue weighted by Crippen LogP contribution is 2.25. The molecule has 1 aromatic carbocycles. The van der Waals surface area contributed by atoms with Crippen molar-refractivity contribution < 1.29 is 19.4 Å². The number of amides is 1. The lowest BCUT2D eigenvalue weighted by Gasteiger charge is -2.16. The summed E-state index contributed by atoms with van der Waals surface area (Å²) in [7, 11) is 0. The molecule has 1 atom stereocenters. The topological polar surface area (TPSA) is 75.6 Å². The van der Waals surface area contributed by atoms with Gasteiger partial charge in [-0.3, -0.25) is 4.79 Å². The number of hydrogen-bond acceptors (Lipinski definition) is 3. The number of hydrogen-bond donors (Lipinski definition) is 2. The van der Waals surface area contributed by atoms with Gasteiger partial charge in [0, 0.05) is 23.2 Å². The molecule has 0 aliphatic carbocycles. The quantitative estimate of drug-likeness (QED) is 0.790. The van der Waals surface area contributed by atoms with Crippen LogP contribution in [0.4, 0.5) is 0 Å². The van der Waals surface area contributed by atoms with Gasteiger partial charge in [0.25, 0.3) is 5.91 Å². The van der Waals surface area contributed by atoms with Crippen molar-refractivity contribution >= 4 is 29.6 Å². The number of benzene rings is 1. The maximum Gasteiger partial charge on any atom is 0.328 e. The first-order chi connectivity index (χ1) is 9.43. The maximum absolute atomic E-state index is 11.6. The van der Waals surface area contributed by atoms with Gasteiger partial charge in [0.1, 0.15) is 5.75 Å². The first kappa shape index (κ1) is 16.0. The fraction of sp³-hybridized carbons (Fsp3) is 0.286. The van der Waals surface area contributed by atoms with Crippen LogP contribution in [0.5, 0.6) is 5.75 Å². The van der Waals surface area contributed by atoms with Crippen molar-refractivity contribution in [3.05, 3.63) is 34.9 Å². The minimum atomic E-state index is -1.08. The molecule has 0 fully saturated rings. The van der Waals surface area contributed by atoms with E-state index in [4.69, 9.17) is 21.4 Å². The van der Waals surface area contributed by atoms with E-state index in [9.17, 15) is 9.59 Å². The van der Waals surface area contributed by atoms with Crippen LogP contribution in [0.15, 0.2) is 24.3 Å². The second-order valence-corrected chi connectivity index (χ2v) is 4.44. The minimum absolute atomic E-state index is 0.240. The fourth-order valence-electron chi connectivity index (χ4n) is 1.48. The maximum atomic E-state index is 11.6. The lowest BCUT2D eigenvalue weighted by atomic mass is 10.2. The third-order valence-electron chi connectivity index (χ3n) is 2.40. The standard InChI is InChI=1S/C14H16ClNO4/c1-3-16-14(19)9(2)20-12-6-5-11(15)8-10(12)4-7-13(17)18/h4-9H,3H2,1-2H3,(H,16,19)(H,17,18)/b7-4+. The number of halogens is 1. The summed E-state index contributed by atoms with van der Waals surface area (Å²) in [4.78, 5) is 22.2. The number of nitrogens with one attached hydrogen (secondary N) is 1. The molecule has 0 bridgehead atoms. The summed E-state index contributed by atoms with van der Waals surface area (Å²) in [5.41, 5.74) is 0.496. The Kier molecular flexibility index (Phi) is 6.06. The molecule has 1 rings (SSSR count). The molecule has 6 heteroatoms. The van der Waals surface area contributed by atoms with Gasteiger partial charge in [0.05, 0.1) is 0 Å². The van der Waals surface area contributed by atoms with E-state index in [-0.39, 0.29) is 5.91 Å². The Hall–Kier alpha value is -2.01. The number of carbonyl (C=O) groups excluding carboxylic acids is 1. The molecule has 5 nitrogen and oxygen atoms in total. The minimum Gasteiger partial charge on any atom is -0.480 e. The molecule has 20 heavy (non-hydrogen) atoms. The SMILES string of the molecule is CCNC(=O)C(C)Oc1ccc(Cl)cc1/C=C/C(=O)O. The van der Waals surface area contributed by atoms with E-state index >= 15 is 0 Å². The molecule has 1 aromatic rings. The van der Waals surface area contributed by atoms with Gasteiger partial charge in [-0.25, -0.2) is 4.79 Å². The van der Waals surface area contributed by atoms with Crippen molar-refractivity contribution in [2.75, 3.05) is 6.54 Å². The van der Waals surface area contributed by atoms with Crippen LogP contribution in [0.3, 0.4) is 0 Å². The number of carboxylic acid groups (broad SMARTS) is 1. The molecule has 0 aromatic heterocycles. The molecule has 0 aliphatic rings. The second-order valence-electron chi connectivity index (χ2n) is 4.01. The van der Waals surface area contributed by atoms with Gasteiger partial charge < -0.3 is 15.2 Å². The average molecular weight is 298 g/mol. The summed E-state index contributed by atoms with van der Waals surface area (Å²) < 4.78 is 5.53. The number of carboxylic acids is 1. The Morgan fingerprint density at radius 2 is 2.20 bits per heavy atom. The number of likely N-dealkylation sites (N-methyl/N-ethyl adjacent to an activating group) is 1. The van der Waals surface area contributed by atoms with Crippen LogP contribution < -0.4 is 10.1 Å². The molecule has 1 unspecified atom stereocenters. The van der Waals surface area contributed by atoms with E-state index in [0.717, 1.165) is 6.08 Å². The summed E-state index contributed by atoms with van der Waals surface area (Å²) in [5, 5.41) is 11.7. The van der Waals surface area contributed by atoms with Gasteiger partial charge >= 0.3 is 5.97 Å². The van der Waals surface area contributed by atoms with Crippen LogP contribution in [-0.4, -0.2) is 29.6 Å². The molecular weight excluding hydrogens is 282 g/mol. The highest BCUT2D eigenvalue weighted by atomic mass is 35.5. The number of rotatable bonds is 6.